The molecule has 0 aliphatic rings. The van der Waals surface area contributed by atoms with E-state index in [-0.39, 0.29) is 12.1 Å². The highest BCUT2D eigenvalue weighted by Gasteiger charge is 2.09. The van der Waals surface area contributed by atoms with E-state index in [9.17, 15) is 8.78 Å². The molecule has 1 rings (SSSR count). The van der Waals surface area contributed by atoms with Gasteiger partial charge < -0.3 is 5.32 Å². The molecular formula is C12H16BrF2N. The van der Waals surface area contributed by atoms with Crippen molar-refractivity contribution in [1.29, 1.82) is 0 Å². The number of hydrogen-bond acceptors (Lipinski definition) is 1. The molecular weight excluding hydrogens is 276 g/mol. The molecule has 0 aliphatic heterocycles. The zero-order chi connectivity index (χ0) is 12.1. The van der Waals surface area contributed by atoms with Gasteiger partial charge in [0.15, 0.2) is 0 Å². The van der Waals surface area contributed by atoms with Gasteiger partial charge in [-0.1, -0.05) is 29.8 Å². The average molecular weight is 292 g/mol. The Hall–Kier alpha value is -0.480. The van der Waals surface area contributed by atoms with Crippen LogP contribution in [-0.4, -0.2) is 6.54 Å². The van der Waals surface area contributed by atoms with Crippen LogP contribution in [0.25, 0.3) is 0 Å². The van der Waals surface area contributed by atoms with Crippen molar-refractivity contribution in [2.24, 2.45) is 5.92 Å². The van der Waals surface area contributed by atoms with E-state index in [1.807, 2.05) is 0 Å². The van der Waals surface area contributed by atoms with Crippen LogP contribution in [0.4, 0.5) is 8.78 Å². The van der Waals surface area contributed by atoms with Crippen molar-refractivity contribution in [2.45, 2.75) is 26.8 Å². The van der Waals surface area contributed by atoms with E-state index in [1.54, 1.807) is 0 Å². The lowest BCUT2D eigenvalue weighted by atomic mass is 10.1. The van der Waals surface area contributed by atoms with Crippen molar-refractivity contribution in [3.05, 3.63) is 33.8 Å². The van der Waals surface area contributed by atoms with Gasteiger partial charge in [0, 0.05) is 16.6 Å². The minimum Gasteiger partial charge on any atom is -0.312 e. The van der Waals surface area contributed by atoms with Gasteiger partial charge in [0.1, 0.15) is 11.6 Å². The quantitative estimate of drug-likeness (QED) is 0.812. The van der Waals surface area contributed by atoms with Crippen LogP contribution in [0, 0.1) is 17.6 Å². The molecule has 16 heavy (non-hydrogen) atoms. The molecule has 1 aromatic carbocycles. The Balaban J connectivity index is 2.54. The van der Waals surface area contributed by atoms with Gasteiger partial charge in [-0.15, -0.1) is 0 Å². The van der Waals surface area contributed by atoms with Crippen LogP contribution >= 0.6 is 15.9 Å². The fraction of sp³-hybridized carbons (Fsp3) is 0.500. The molecule has 0 aliphatic carbocycles. The number of rotatable bonds is 5. The van der Waals surface area contributed by atoms with Crippen molar-refractivity contribution in [1.82, 2.24) is 5.32 Å². The van der Waals surface area contributed by atoms with Crippen LogP contribution in [0.15, 0.2) is 16.6 Å². The Labute approximate surface area is 103 Å². The summed E-state index contributed by atoms with van der Waals surface area (Å²) in [5.41, 5.74) is 0.104. The summed E-state index contributed by atoms with van der Waals surface area (Å²) in [6.45, 7) is 5.23. The van der Waals surface area contributed by atoms with E-state index in [0.29, 0.717) is 10.4 Å². The van der Waals surface area contributed by atoms with E-state index in [2.05, 4.69) is 35.1 Å². The minimum absolute atomic E-state index is 0.104. The summed E-state index contributed by atoms with van der Waals surface area (Å²) in [5.74, 6) is -0.431. The Morgan fingerprint density at radius 3 is 2.31 bits per heavy atom. The average Bonchev–Trinajstić information content (AvgIpc) is 2.14. The third kappa shape index (κ3) is 4.18. The second-order valence-corrected chi connectivity index (χ2v) is 5.12. The molecule has 0 unspecified atom stereocenters. The molecule has 0 aromatic heterocycles. The number of hydrogen-bond donors (Lipinski definition) is 1. The van der Waals surface area contributed by atoms with Gasteiger partial charge in [0.2, 0.25) is 0 Å². The standard InChI is InChI=1S/C12H16BrF2N/c1-8(2)3-4-16-7-10-11(14)5-9(13)6-12(10)15/h5-6,8,16H,3-4,7H2,1-2H3. The molecule has 0 radical (unpaired) electrons. The molecule has 0 bridgehead atoms. The van der Waals surface area contributed by atoms with Crippen molar-refractivity contribution in [3.63, 3.8) is 0 Å². The van der Waals surface area contributed by atoms with Crippen molar-refractivity contribution < 1.29 is 8.78 Å². The fourth-order valence-corrected chi connectivity index (χ4v) is 1.75. The lowest BCUT2D eigenvalue weighted by Crippen LogP contribution is -2.18. The van der Waals surface area contributed by atoms with Crippen LogP contribution in [0.5, 0.6) is 0 Å². The maximum Gasteiger partial charge on any atom is 0.131 e. The van der Waals surface area contributed by atoms with Crippen LogP contribution in [0.1, 0.15) is 25.8 Å². The predicted octanol–water partition coefficient (Wildman–Crippen LogP) is 3.86. The molecule has 1 N–H and O–H groups in total. The SMILES string of the molecule is CC(C)CCNCc1c(F)cc(Br)cc1F. The Bertz CT molecular complexity index is 330. The highest BCUT2D eigenvalue weighted by atomic mass is 79.9. The Kier molecular flexibility index (Phi) is 5.35. The van der Waals surface area contributed by atoms with E-state index in [4.69, 9.17) is 0 Å². The fourth-order valence-electron chi connectivity index (χ4n) is 1.35. The maximum atomic E-state index is 13.4. The summed E-state index contributed by atoms with van der Waals surface area (Å²) in [5, 5.41) is 3.04. The smallest absolute Gasteiger partial charge is 0.131 e. The van der Waals surface area contributed by atoms with Crippen molar-refractivity contribution in [2.75, 3.05) is 6.54 Å². The summed E-state index contributed by atoms with van der Waals surface area (Å²) < 4.78 is 27.2. The van der Waals surface area contributed by atoms with Gasteiger partial charge >= 0.3 is 0 Å². The molecule has 0 heterocycles. The number of nitrogens with one attached hydrogen (secondary N) is 1. The summed E-state index contributed by atoms with van der Waals surface area (Å²) in [4.78, 5) is 0. The molecule has 90 valence electrons. The predicted molar refractivity (Wildman–Crippen MR) is 65.2 cm³/mol. The Morgan fingerprint density at radius 2 is 1.81 bits per heavy atom. The van der Waals surface area contributed by atoms with Gasteiger partial charge in [-0.3, -0.25) is 0 Å². The first-order chi connectivity index (χ1) is 7.50. The van der Waals surface area contributed by atoms with E-state index < -0.39 is 11.6 Å². The van der Waals surface area contributed by atoms with Gasteiger partial charge in [-0.2, -0.15) is 0 Å². The summed E-state index contributed by atoms with van der Waals surface area (Å²) >= 11 is 3.05. The first-order valence-corrected chi connectivity index (χ1v) is 6.14. The number of benzene rings is 1. The van der Waals surface area contributed by atoms with Crippen molar-refractivity contribution >= 4 is 15.9 Å². The highest BCUT2D eigenvalue weighted by molar-refractivity contribution is 9.10. The lowest BCUT2D eigenvalue weighted by molar-refractivity contribution is 0.506. The first kappa shape index (κ1) is 13.6. The maximum absolute atomic E-state index is 13.4. The van der Waals surface area contributed by atoms with Crippen molar-refractivity contribution in [3.8, 4) is 0 Å². The van der Waals surface area contributed by atoms with Crippen LogP contribution in [0.3, 0.4) is 0 Å². The summed E-state index contributed by atoms with van der Waals surface area (Å²) in [7, 11) is 0. The third-order valence-electron chi connectivity index (χ3n) is 2.31. The Morgan fingerprint density at radius 1 is 1.25 bits per heavy atom. The second kappa shape index (κ2) is 6.30. The van der Waals surface area contributed by atoms with Gasteiger partial charge in [-0.05, 0) is 31.0 Å². The minimum atomic E-state index is -0.510. The summed E-state index contributed by atoms with van der Waals surface area (Å²) in [6.07, 6.45) is 1.000. The zero-order valence-electron chi connectivity index (χ0n) is 9.49. The molecule has 0 atom stereocenters. The molecule has 0 saturated heterocycles. The van der Waals surface area contributed by atoms with E-state index in [1.165, 1.54) is 12.1 Å². The van der Waals surface area contributed by atoms with Gasteiger partial charge in [-0.25, -0.2) is 8.78 Å². The third-order valence-corrected chi connectivity index (χ3v) is 2.76. The monoisotopic (exact) mass is 291 g/mol. The van der Waals surface area contributed by atoms with Gasteiger partial charge in [0.25, 0.3) is 0 Å². The van der Waals surface area contributed by atoms with E-state index in [0.717, 1.165) is 13.0 Å². The van der Waals surface area contributed by atoms with Crippen LogP contribution in [0.2, 0.25) is 0 Å². The highest BCUT2D eigenvalue weighted by Crippen LogP contribution is 2.19. The molecule has 0 amide bonds. The topological polar surface area (TPSA) is 12.0 Å². The zero-order valence-corrected chi connectivity index (χ0v) is 11.1. The molecule has 0 fully saturated rings. The first-order valence-electron chi connectivity index (χ1n) is 5.35. The molecule has 4 heteroatoms. The molecule has 1 nitrogen and oxygen atoms in total. The normalized spacial score (nSPS) is 11.1. The van der Waals surface area contributed by atoms with Gasteiger partial charge in [0.05, 0.1) is 0 Å². The largest absolute Gasteiger partial charge is 0.312 e. The molecule has 0 saturated carbocycles. The number of halogens is 3. The lowest BCUT2D eigenvalue weighted by Gasteiger charge is -2.09. The van der Waals surface area contributed by atoms with E-state index >= 15 is 0 Å². The summed E-state index contributed by atoms with van der Waals surface area (Å²) in [6, 6.07) is 2.56. The molecule has 1 aromatic rings. The van der Waals surface area contributed by atoms with Crippen LogP contribution < -0.4 is 5.32 Å². The van der Waals surface area contributed by atoms with Crippen LogP contribution in [-0.2, 0) is 6.54 Å². The second-order valence-electron chi connectivity index (χ2n) is 4.21. The molecule has 0 spiro atoms.